The van der Waals surface area contributed by atoms with Crippen LogP contribution in [0.2, 0.25) is 0 Å². The molecule has 0 bridgehead atoms. The van der Waals surface area contributed by atoms with Crippen molar-refractivity contribution in [2.24, 2.45) is 23.7 Å². The molecular formula is C26H29F3N2O4S. The second kappa shape index (κ2) is 9.15. The van der Waals surface area contributed by atoms with Gasteiger partial charge in [0.25, 0.3) is 5.91 Å². The number of amides is 1. The number of nitrogens with one attached hydrogen (secondary N) is 1. The van der Waals surface area contributed by atoms with Crippen molar-refractivity contribution in [1.82, 2.24) is 9.62 Å². The third kappa shape index (κ3) is 4.43. The van der Waals surface area contributed by atoms with Crippen LogP contribution in [-0.4, -0.2) is 43.4 Å². The molecule has 36 heavy (non-hydrogen) atoms. The van der Waals surface area contributed by atoms with Gasteiger partial charge in [-0.1, -0.05) is 43.2 Å². The highest BCUT2D eigenvalue weighted by atomic mass is 32.2. The van der Waals surface area contributed by atoms with Crippen molar-refractivity contribution >= 4 is 15.9 Å². The number of hydrogen-bond donors (Lipinski definition) is 2. The molecule has 3 fully saturated rings. The molecule has 2 aromatic carbocycles. The lowest BCUT2D eigenvalue weighted by Crippen LogP contribution is -2.49. The minimum atomic E-state index is -4.53. The first-order chi connectivity index (χ1) is 17.0. The van der Waals surface area contributed by atoms with Crippen molar-refractivity contribution in [3.63, 3.8) is 0 Å². The van der Waals surface area contributed by atoms with Crippen LogP contribution in [0.15, 0.2) is 59.5 Å². The van der Waals surface area contributed by atoms with Gasteiger partial charge in [0.2, 0.25) is 10.0 Å². The Labute approximate surface area is 208 Å². The number of aliphatic hydroxyl groups is 1. The number of hydrogen-bond acceptors (Lipinski definition) is 4. The third-order valence-corrected chi connectivity index (χ3v) is 10.0. The molecule has 1 heterocycles. The first-order valence-electron chi connectivity index (χ1n) is 12.3. The van der Waals surface area contributed by atoms with E-state index in [1.807, 2.05) is 6.07 Å². The Morgan fingerprint density at radius 2 is 1.53 bits per heavy atom. The van der Waals surface area contributed by atoms with Gasteiger partial charge in [-0.05, 0) is 60.4 Å². The lowest BCUT2D eigenvalue weighted by molar-refractivity contribution is -0.147. The molecule has 1 aliphatic heterocycles. The summed E-state index contributed by atoms with van der Waals surface area (Å²) in [7, 11) is -3.89. The number of alkyl halides is 3. The molecule has 2 unspecified atom stereocenters. The zero-order chi connectivity index (χ0) is 25.7. The maximum absolute atomic E-state index is 13.3. The zero-order valence-corrected chi connectivity index (χ0v) is 20.4. The SMILES string of the molecule is O=C(NC[C@H]1C2CN(S(=O)(=O)c3ccc(C(F)(F)F)cc3)C[C@@H]21)C(O)(c1ccccc1)C1CCCC1. The highest BCUT2D eigenvalue weighted by Gasteiger charge is 2.58. The number of carbonyl (C=O) groups excluding carboxylic acids is 1. The molecule has 2 saturated carbocycles. The summed E-state index contributed by atoms with van der Waals surface area (Å²) in [4.78, 5) is 13.1. The minimum Gasteiger partial charge on any atom is -0.375 e. The van der Waals surface area contributed by atoms with Crippen LogP contribution in [0.4, 0.5) is 13.2 Å². The second-order valence-electron chi connectivity index (χ2n) is 10.2. The molecule has 5 rings (SSSR count). The maximum atomic E-state index is 13.3. The molecule has 2 aliphatic carbocycles. The molecule has 0 spiro atoms. The number of carbonyl (C=O) groups is 1. The van der Waals surface area contributed by atoms with E-state index in [1.54, 1.807) is 24.3 Å². The maximum Gasteiger partial charge on any atom is 0.416 e. The summed E-state index contributed by atoms with van der Waals surface area (Å²) in [5, 5.41) is 14.5. The van der Waals surface area contributed by atoms with Gasteiger partial charge in [0.15, 0.2) is 5.60 Å². The average Bonchev–Trinajstić information content (AvgIpc) is 3.26. The number of sulfonamides is 1. The van der Waals surface area contributed by atoms with E-state index in [0.717, 1.165) is 49.9 Å². The molecular weight excluding hydrogens is 493 g/mol. The van der Waals surface area contributed by atoms with Gasteiger partial charge in [-0.3, -0.25) is 4.79 Å². The van der Waals surface area contributed by atoms with Crippen molar-refractivity contribution < 1.29 is 31.5 Å². The predicted octanol–water partition coefficient (Wildman–Crippen LogP) is 3.77. The molecule has 0 radical (unpaired) electrons. The summed E-state index contributed by atoms with van der Waals surface area (Å²) in [6, 6.07) is 12.5. The van der Waals surface area contributed by atoms with Gasteiger partial charge in [0.1, 0.15) is 0 Å². The van der Waals surface area contributed by atoms with Crippen LogP contribution in [0.3, 0.4) is 0 Å². The van der Waals surface area contributed by atoms with Gasteiger partial charge in [-0.25, -0.2) is 8.42 Å². The Balaban J connectivity index is 1.20. The van der Waals surface area contributed by atoms with E-state index in [-0.39, 0.29) is 41.7 Å². The first-order valence-corrected chi connectivity index (χ1v) is 13.7. The summed E-state index contributed by atoms with van der Waals surface area (Å²) < 4.78 is 65.5. The summed E-state index contributed by atoms with van der Waals surface area (Å²) >= 11 is 0. The molecule has 4 atom stereocenters. The van der Waals surface area contributed by atoms with Crippen LogP contribution in [0.1, 0.15) is 36.8 Å². The van der Waals surface area contributed by atoms with E-state index >= 15 is 0 Å². The second-order valence-corrected chi connectivity index (χ2v) is 12.1. The van der Waals surface area contributed by atoms with E-state index in [9.17, 15) is 31.5 Å². The Hall–Kier alpha value is -2.43. The van der Waals surface area contributed by atoms with Crippen LogP contribution in [-0.2, 0) is 26.6 Å². The lowest BCUT2D eigenvalue weighted by Gasteiger charge is -2.33. The van der Waals surface area contributed by atoms with Gasteiger partial charge >= 0.3 is 6.18 Å². The molecule has 1 saturated heterocycles. The normalized spacial score (nSPS) is 26.4. The average molecular weight is 523 g/mol. The summed E-state index contributed by atoms with van der Waals surface area (Å²) in [6.07, 6.45) is -1.01. The van der Waals surface area contributed by atoms with E-state index < -0.39 is 33.3 Å². The molecule has 6 nitrogen and oxygen atoms in total. The zero-order valence-electron chi connectivity index (χ0n) is 19.6. The third-order valence-electron chi connectivity index (χ3n) is 8.16. The number of rotatable bonds is 7. The molecule has 10 heteroatoms. The largest absolute Gasteiger partial charge is 0.416 e. The summed E-state index contributed by atoms with van der Waals surface area (Å²) in [5.41, 5.74) is -1.91. The van der Waals surface area contributed by atoms with Gasteiger partial charge in [0.05, 0.1) is 10.5 Å². The molecule has 3 aliphatic rings. The molecule has 0 aromatic heterocycles. The number of nitrogens with zero attached hydrogens (tertiary/aromatic N) is 1. The van der Waals surface area contributed by atoms with Crippen molar-refractivity contribution in [3.8, 4) is 0 Å². The van der Waals surface area contributed by atoms with Gasteiger partial charge < -0.3 is 10.4 Å². The smallest absolute Gasteiger partial charge is 0.375 e. The Morgan fingerprint density at radius 3 is 2.08 bits per heavy atom. The standard InChI is InChI=1S/C26H29F3N2O4S/c27-26(28,29)19-10-12-20(13-11-19)36(34,35)31-15-22-21(23(22)16-31)14-30-24(32)25(33,18-8-4-5-9-18)17-6-2-1-3-7-17/h1-3,6-7,10-13,18,21-23,33H,4-5,8-9,14-16H2,(H,30,32)/t21-,22-,23?,25?/m1/s1. The fraction of sp³-hybridized carbons (Fsp3) is 0.500. The summed E-state index contributed by atoms with van der Waals surface area (Å²) in [6.45, 7) is 0.879. The highest BCUT2D eigenvalue weighted by Crippen LogP contribution is 2.52. The Bertz CT molecular complexity index is 1200. The molecule has 2 N–H and O–H groups in total. The van der Waals surface area contributed by atoms with E-state index in [2.05, 4.69) is 5.32 Å². The van der Waals surface area contributed by atoms with Crippen LogP contribution in [0.5, 0.6) is 0 Å². The first kappa shape index (κ1) is 25.2. The van der Waals surface area contributed by atoms with Gasteiger partial charge in [-0.15, -0.1) is 0 Å². The van der Waals surface area contributed by atoms with Gasteiger partial charge in [0, 0.05) is 25.6 Å². The topological polar surface area (TPSA) is 86.7 Å². The highest BCUT2D eigenvalue weighted by molar-refractivity contribution is 7.89. The number of fused-ring (bicyclic) bond motifs is 1. The monoisotopic (exact) mass is 522 g/mol. The van der Waals surface area contributed by atoms with E-state index in [0.29, 0.717) is 12.1 Å². The van der Waals surface area contributed by atoms with Crippen molar-refractivity contribution in [2.45, 2.75) is 42.4 Å². The van der Waals surface area contributed by atoms with E-state index in [1.165, 1.54) is 4.31 Å². The van der Waals surface area contributed by atoms with Crippen LogP contribution in [0.25, 0.3) is 0 Å². The fourth-order valence-electron chi connectivity index (χ4n) is 6.01. The Morgan fingerprint density at radius 1 is 0.944 bits per heavy atom. The molecule has 1 amide bonds. The fourth-order valence-corrected chi connectivity index (χ4v) is 7.52. The van der Waals surface area contributed by atoms with Crippen molar-refractivity contribution in [1.29, 1.82) is 0 Å². The number of piperidine rings is 1. The van der Waals surface area contributed by atoms with Crippen molar-refractivity contribution in [2.75, 3.05) is 19.6 Å². The van der Waals surface area contributed by atoms with Crippen LogP contribution in [0, 0.1) is 23.7 Å². The van der Waals surface area contributed by atoms with Gasteiger partial charge in [-0.2, -0.15) is 17.5 Å². The predicted molar refractivity (Wildman–Crippen MR) is 126 cm³/mol. The molecule has 2 aromatic rings. The van der Waals surface area contributed by atoms with Crippen LogP contribution >= 0.6 is 0 Å². The van der Waals surface area contributed by atoms with E-state index in [4.69, 9.17) is 0 Å². The summed E-state index contributed by atoms with van der Waals surface area (Å²) in [5.74, 6) is -0.309. The number of benzene rings is 2. The lowest BCUT2D eigenvalue weighted by atomic mass is 9.79. The Kier molecular flexibility index (Phi) is 6.41. The quantitative estimate of drug-likeness (QED) is 0.580. The van der Waals surface area contributed by atoms with Crippen molar-refractivity contribution in [3.05, 3.63) is 65.7 Å². The number of halogens is 3. The minimum absolute atomic E-state index is 0.0748. The molecule has 194 valence electrons. The van der Waals surface area contributed by atoms with Crippen LogP contribution < -0.4 is 5.32 Å².